The van der Waals surface area contributed by atoms with Crippen molar-refractivity contribution in [1.82, 2.24) is 4.90 Å². The third-order valence-electron chi connectivity index (χ3n) is 6.96. The van der Waals surface area contributed by atoms with Gasteiger partial charge in [0.15, 0.2) is 0 Å². The number of hydrogen-bond acceptors (Lipinski definition) is 3. The largest absolute Gasteiger partial charge is 0.380 e. The number of nitrogens with zero attached hydrogens (tertiary/aromatic N) is 1. The van der Waals surface area contributed by atoms with Crippen molar-refractivity contribution in [3.8, 4) is 0 Å². The van der Waals surface area contributed by atoms with Crippen LogP contribution in [-0.2, 0) is 9.47 Å². The zero-order chi connectivity index (χ0) is 19.3. The van der Waals surface area contributed by atoms with Gasteiger partial charge < -0.3 is 9.47 Å². The highest BCUT2D eigenvalue weighted by Crippen LogP contribution is 2.26. The van der Waals surface area contributed by atoms with E-state index in [4.69, 9.17) is 9.47 Å². The van der Waals surface area contributed by atoms with E-state index in [-0.39, 0.29) is 0 Å². The Morgan fingerprint density at radius 1 is 0.607 bits per heavy atom. The Hall–Kier alpha value is -0.380. The van der Waals surface area contributed by atoms with Crippen LogP contribution in [0.15, 0.2) is 12.2 Å². The van der Waals surface area contributed by atoms with Gasteiger partial charge in [0.2, 0.25) is 0 Å². The molecule has 2 bridgehead atoms. The topological polar surface area (TPSA) is 21.7 Å². The summed E-state index contributed by atoms with van der Waals surface area (Å²) in [6.07, 6.45) is 26.7. The fourth-order valence-electron chi connectivity index (χ4n) is 5.17. The first kappa shape index (κ1) is 22.3. The van der Waals surface area contributed by atoms with Gasteiger partial charge in [-0.15, -0.1) is 0 Å². The Morgan fingerprint density at radius 2 is 1.32 bits per heavy atom. The van der Waals surface area contributed by atoms with Gasteiger partial charge in [0.1, 0.15) is 0 Å². The molecule has 0 aliphatic carbocycles. The summed E-state index contributed by atoms with van der Waals surface area (Å²) in [6.45, 7) is 4.36. The van der Waals surface area contributed by atoms with Crippen molar-refractivity contribution < 1.29 is 9.47 Å². The van der Waals surface area contributed by atoms with Crippen molar-refractivity contribution >= 4 is 0 Å². The second-order valence-electron chi connectivity index (χ2n) is 9.32. The van der Waals surface area contributed by atoms with E-state index >= 15 is 0 Å². The first-order valence-electron chi connectivity index (χ1n) is 12.5. The normalized spacial score (nSPS) is 34.6. The maximum absolute atomic E-state index is 6.49. The average molecular weight is 392 g/mol. The molecule has 3 rings (SSSR count). The lowest BCUT2D eigenvalue weighted by atomic mass is 9.97. The first-order chi connectivity index (χ1) is 13.9. The average Bonchev–Trinajstić information content (AvgIpc) is 2.73. The van der Waals surface area contributed by atoms with Crippen LogP contribution in [0, 0.1) is 0 Å². The van der Waals surface area contributed by atoms with E-state index in [0.29, 0.717) is 18.2 Å². The van der Waals surface area contributed by atoms with Crippen LogP contribution < -0.4 is 0 Å². The van der Waals surface area contributed by atoms with Crippen LogP contribution in [0.3, 0.4) is 0 Å². The molecule has 3 heterocycles. The van der Waals surface area contributed by atoms with Gasteiger partial charge in [0, 0.05) is 19.2 Å². The van der Waals surface area contributed by atoms with Crippen LogP contribution in [-0.4, -0.2) is 49.5 Å². The number of piperidine rings is 1. The molecule has 3 unspecified atom stereocenters. The fourth-order valence-corrected chi connectivity index (χ4v) is 5.17. The number of ether oxygens (including phenoxy) is 2. The SMILES string of the molecule is C1=C\CCCCC2CCCC(CCN3CCCCC3COCCCCCC/1)O2. The Bertz CT molecular complexity index is 425. The smallest absolute Gasteiger partial charge is 0.0621 e. The summed E-state index contributed by atoms with van der Waals surface area (Å²) in [5, 5.41) is 0. The zero-order valence-electron chi connectivity index (χ0n) is 18.3. The summed E-state index contributed by atoms with van der Waals surface area (Å²) in [5.74, 6) is 0. The summed E-state index contributed by atoms with van der Waals surface area (Å²) in [7, 11) is 0. The number of allylic oxidation sites excluding steroid dienone is 2. The Morgan fingerprint density at radius 3 is 2.21 bits per heavy atom. The monoisotopic (exact) mass is 391 g/mol. The highest BCUT2D eigenvalue weighted by atomic mass is 16.5. The van der Waals surface area contributed by atoms with Gasteiger partial charge in [-0.05, 0) is 83.6 Å². The maximum Gasteiger partial charge on any atom is 0.0621 e. The van der Waals surface area contributed by atoms with Gasteiger partial charge in [0.05, 0.1) is 18.8 Å². The molecule has 3 atom stereocenters. The Kier molecular flexibility index (Phi) is 11.0. The minimum atomic E-state index is 0.497. The lowest BCUT2D eigenvalue weighted by Gasteiger charge is -2.37. The van der Waals surface area contributed by atoms with E-state index in [1.807, 2.05) is 0 Å². The molecule has 0 spiro atoms. The zero-order valence-corrected chi connectivity index (χ0v) is 18.3. The quantitative estimate of drug-likeness (QED) is 0.454. The summed E-state index contributed by atoms with van der Waals surface area (Å²) in [5.41, 5.74) is 0. The second kappa shape index (κ2) is 13.8. The summed E-state index contributed by atoms with van der Waals surface area (Å²) in [6, 6.07) is 0.646. The number of rotatable bonds is 0. The van der Waals surface area contributed by atoms with Gasteiger partial charge >= 0.3 is 0 Å². The molecule has 0 radical (unpaired) electrons. The third-order valence-corrected chi connectivity index (χ3v) is 6.96. The first-order valence-corrected chi connectivity index (χ1v) is 12.5. The van der Waals surface area contributed by atoms with Crippen LogP contribution in [0.4, 0.5) is 0 Å². The molecular formula is C25H45NO2. The van der Waals surface area contributed by atoms with Crippen molar-refractivity contribution in [2.45, 2.75) is 121 Å². The third kappa shape index (κ3) is 8.55. The summed E-state index contributed by atoms with van der Waals surface area (Å²) in [4.78, 5) is 2.71. The predicted molar refractivity (Wildman–Crippen MR) is 118 cm³/mol. The van der Waals surface area contributed by atoms with Crippen LogP contribution in [0.1, 0.15) is 103 Å². The van der Waals surface area contributed by atoms with E-state index in [9.17, 15) is 0 Å². The summed E-state index contributed by atoms with van der Waals surface area (Å²) >= 11 is 0. The molecule has 2 fully saturated rings. The van der Waals surface area contributed by atoms with Crippen molar-refractivity contribution in [2.24, 2.45) is 0 Å². The molecule has 3 nitrogen and oxygen atoms in total. The molecule has 162 valence electrons. The van der Waals surface area contributed by atoms with E-state index < -0.39 is 0 Å². The molecule has 3 aliphatic heterocycles. The van der Waals surface area contributed by atoms with Crippen LogP contribution in [0.2, 0.25) is 0 Å². The maximum atomic E-state index is 6.49. The van der Waals surface area contributed by atoms with Gasteiger partial charge in [-0.2, -0.15) is 0 Å². The molecule has 0 aromatic carbocycles. The van der Waals surface area contributed by atoms with E-state index in [1.165, 1.54) is 116 Å². The standard InChI is InChI=1S/C25H45NO2/c1-2-4-6-8-12-21-27-22-23-14-10-11-19-26(23)20-18-25-17-13-16-24(28-25)15-9-7-5-3-1/h1,3,23-25H,2,4-22H2/b3-1-. The molecule has 3 aliphatic rings. The molecule has 0 aromatic heterocycles. The van der Waals surface area contributed by atoms with Gasteiger partial charge in [-0.25, -0.2) is 0 Å². The Labute approximate surface area is 174 Å². The predicted octanol–water partition coefficient (Wildman–Crippen LogP) is 6.27. The van der Waals surface area contributed by atoms with E-state index in [1.54, 1.807) is 0 Å². The molecule has 0 aromatic rings. The van der Waals surface area contributed by atoms with Gasteiger partial charge in [-0.1, -0.05) is 37.8 Å². The highest BCUT2D eigenvalue weighted by Gasteiger charge is 2.26. The minimum absolute atomic E-state index is 0.497. The lowest BCUT2D eigenvalue weighted by Crippen LogP contribution is -2.44. The van der Waals surface area contributed by atoms with Crippen molar-refractivity contribution in [2.75, 3.05) is 26.3 Å². The van der Waals surface area contributed by atoms with Crippen LogP contribution in [0.25, 0.3) is 0 Å². The van der Waals surface area contributed by atoms with Gasteiger partial charge in [-0.3, -0.25) is 4.90 Å². The van der Waals surface area contributed by atoms with Crippen molar-refractivity contribution in [1.29, 1.82) is 0 Å². The van der Waals surface area contributed by atoms with Crippen molar-refractivity contribution in [3.05, 3.63) is 12.2 Å². The second-order valence-corrected chi connectivity index (χ2v) is 9.32. The highest BCUT2D eigenvalue weighted by molar-refractivity contribution is 4.82. The molecule has 2 saturated heterocycles. The minimum Gasteiger partial charge on any atom is -0.380 e. The van der Waals surface area contributed by atoms with Crippen LogP contribution in [0.5, 0.6) is 0 Å². The molecule has 0 saturated carbocycles. The molecule has 28 heavy (non-hydrogen) atoms. The number of fused-ring (bicyclic) bond motifs is 3. The molecule has 0 amide bonds. The molecular weight excluding hydrogens is 346 g/mol. The lowest BCUT2D eigenvalue weighted by molar-refractivity contribution is -0.0636. The molecule has 3 heteroatoms. The van der Waals surface area contributed by atoms with Gasteiger partial charge in [0.25, 0.3) is 0 Å². The van der Waals surface area contributed by atoms with Crippen LogP contribution >= 0.6 is 0 Å². The van der Waals surface area contributed by atoms with Crippen molar-refractivity contribution in [3.63, 3.8) is 0 Å². The summed E-state index contributed by atoms with van der Waals surface area (Å²) < 4.78 is 12.6. The fraction of sp³-hybridized carbons (Fsp3) is 0.920. The Balaban J connectivity index is 1.47. The van der Waals surface area contributed by atoms with E-state index in [0.717, 1.165) is 13.2 Å². The van der Waals surface area contributed by atoms with E-state index in [2.05, 4.69) is 17.1 Å². The molecule has 0 N–H and O–H groups in total. The number of hydrogen-bond donors (Lipinski definition) is 0.